The molecule has 0 bridgehead atoms. The summed E-state index contributed by atoms with van der Waals surface area (Å²) in [6.45, 7) is 0. The summed E-state index contributed by atoms with van der Waals surface area (Å²) >= 11 is 1.55. The van der Waals surface area contributed by atoms with Crippen molar-refractivity contribution in [3.8, 4) is 5.69 Å². The van der Waals surface area contributed by atoms with Gasteiger partial charge < -0.3 is 5.32 Å². The van der Waals surface area contributed by atoms with Crippen LogP contribution in [0.5, 0.6) is 0 Å². The number of non-ortho nitro benzene ring substituents is 1. The second kappa shape index (κ2) is 7.18. The van der Waals surface area contributed by atoms with Crippen molar-refractivity contribution in [2.45, 2.75) is 4.90 Å². The Labute approximate surface area is 147 Å². The molecule has 0 saturated heterocycles. The van der Waals surface area contributed by atoms with Crippen LogP contribution in [-0.4, -0.2) is 26.9 Å². The van der Waals surface area contributed by atoms with Crippen LogP contribution < -0.4 is 5.32 Å². The summed E-state index contributed by atoms with van der Waals surface area (Å²) in [5.74, 6) is -0.269. The fraction of sp³-hybridized carbons (Fsp3) is 0.0588. The van der Waals surface area contributed by atoms with E-state index < -0.39 is 4.92 Å². The Kier molecular flexibility index (Phi) is 4.80. The third kappa shape index (κ3) is 3.69. The van der Waals surface area contributed by atoms with Gasteiger partial charge in [0.25, 0.3) is 11.6 Å². The van der Waals surface area contributed by atoms with Crippen molar-refractivity contribution < 1.29 is 9.72 Å². The number of carbonyl (C=O) groups excluding carboxylic acids is 1. The van der Waals surface area contributed by atoms with Crippen LogP contribution in [0.3, 0.4) is 0 Å². The maximum Gasteiger partial charge on any atom is 0.269 e. The van der Waals surface area contributed by atoms with E-state index in [4.69, 9.17) is 0 Å². The van der Waals surface area contributed by atoms with Gasteiger partial charge in [-0.3, -0.25) is 14.9 Å². The summed E-state index contributed by atoms with van der Waals surface area (Å²) in [6.07, 6.45) is 4.98. The van der Waals surface area contributed by atoms with Crippen LogP contribution in [-0.2, 0) is 0 Å². The van der Waals surface area contributed by atoms with Crippen molar-refractivity contribution in [3.05, 3.63) is 76.6 Å². The highest BCUT2D eigenvalue weighted by molar-refractivity contribution is 7.98. The Hall–Kier alpha value is -3.13. The molecule has 1 amide bonds. The summed E-state index contributed by atoms with van der Waals surface area (Å²) in [7, 11) is 0. The van der Waals surface area contributed by atoms with Gasteiger partial charge in [-0.15, -0.1) is 11.8 Å². The predicted molar refractivity (Wildman–Crippen MR) is 96.4 cm³/mol. The predicted octanol–water partition coefficient (Wildman–Crippen LogP) is 3.75. The molecule has 0 aliphatic carbocycles. The normalized spacial score (nSPS) is 10.4. The Bertz CT molecular complexity index is 922. The standard InChI is InChI=1S/C17H14N4O3S/c1-25-16-5-3-2-4-15(16)19-17(22)12-10-18-20(11-12)13-6-8-14(9-7-13)21(23)24/h2-11H,1H3,(H,19,22). The van der Waals surface area contributed by atoms with Gasteiger partial charge in [-0.1, -0.05) is 12.1 Å². The molecule has 0 radical (unpaired) electrons. The summed E-state index contributed by atoms with van der Waals surface area (Å²) in [5, 5.41) is 17.7. The van der Waals surface area contributed by atoms with Crippen molar-refractivity contribution >= 4 is 29.0 Å². The highest BCUT2D eigenvalue weighted by Gasteiger charge is 2.12. The van der Waals surface area contributed by atoms with E-state index in [0.717, 1.165) is 10.6 Å². The molecule has 0 atom stereocenters. The minimum atomic E-state index is -0.463. The highest BCUT2D eigenvalue weighted by atomic mass is 32.2. The number of thioether (sulfide) groups is 1. The number of nitro groups is 1. The quantitative estimate of drug-likeness (QED) is 0.428. The molecule has 0 unspecified atom stereocenters. The number of nitro benzene ring substituents is 1. The SMILES string of the molecule is CSc1ccccc1NC(=O)c1cnn(-c2ccc([N+](=O)[O-])cc2)c1. The number of benzene rings is 2. The van der Waals surface area contributed by atoms with E-state index in [0.29, 0.717) is 11.3 Å². The number of anilines is 1. The van der Waals surface area contributed by atoms with Crippen molar-refractivity contribution in [2.75, 3.05) is 11.6 Å². The van der Waals surface area contributed by atoms with Crippen LogP contribution in [0, 0.1) is 10.1 Å². The molecule has 7 nitrogen and oxygen atoms in total. The zero-order valence-corrected chi connectivity index (χ0v) is 14.1. The van der Waals surface area contributed by atoms with E-state index in [2.05, 4.69) is 10.4 Å². The summed E-state index contributed by atoms with van der Waals surface area (Å²) in [4.78, 5) is 23.6. The molecule has 3 aromatic rings. The van der Waals surface area contributed by atoms with Gasteiger partial charge in [0.15, 0.2) is 0 Å². The summed E-state index contributed by atoms with van der Waals surface area (Å²) in [6, 6.07) is 13.5. The van der Waals surface area contributed by atoms with Crippen molar-refractivity contribution in [1.29, 1.82) is 0 Å². The third-order valence-corrected chi connectivity index (χ3v) is 4.32. The number of amides is 1. The first-order valence-corrected chi connectivity index (χ1v) is 8.55. The lowest BCUT2D eigenvalue weighted by Crippen LogP contribution is -2.11. The summed E-state index contributed by atoms with van der Waals surface area (Å²) in [5.41, 5.74) is 1.77. The third-order valence-electron chi connectivity index (χ3n) is 3.53. The second-order valence-electron chi connectivity index (χ2n) is 5.10. The van der Waals surface area contributed by atoms with Crippen molar-refractivity contribution in [3.63, 3.8) is 0 Å². The zero-order chi connectivity index (χ0) is 17.8. The van der Waals surface area contributed by atoms with Gasteiger partial charge in [0.1, 0.15) is 0 Å². The zero-order valence-electron chi connectivity index (χ0n) is 13.2. The molecule has 126 valence electrons. The van der Waals surface area contributed by atoms with Crippen LogP contribution in [0.1, 0.15) is 10.4 Å². The maximum absolute atomic E-state index is 12.4. The Morgan fingerprint density at radius 1 is 1.20 bits per heavy atom. The van der Waals surface area contributed by atoms with Crippen molar-refractivity contribution in [2.24, 2.45) is 0 Å². The van der Waals surface area contributed by atoms with Gasteiger partial charge >= 0.3 is 0 Å². The molecule has 0 aliphatic rings. The molecule has 0 aliphatic heterocycles. The fourth-order valence-electron chi connectivity index (χ4n) is 2.25. The highest BCUT2D eigenvalue weighted by Crippen LogP contribution is 2.25. The Balaban J connectivity index is 1.78. The van der Waals surface area contributed by atoms with E-state index in [1.54, 1.807) is 30.1 Å². The van der Waals surface area contributed by atoms with E-state index >= 15 is 0 Å². The first-order chi connectivity index (χ1) is 12.1. The Morgan fingerprint density at radius 3 is 2.60 bits per heavy atom. The fourth-order valence-corrected chi connectivity index (χ4v) is 2.80. The molecule has 0 spiro atoms. The number of hydrogen-bond donors (Lipinski definition) is 1. The molecular formula is C17H14N4O3S. The van der Waals surface area contributed by atoms with Crippen LogP contribution in [0.15, 0.2) is 65.8 Å². The molecule has 0 fully saturated rings. The Morgan fingerprint density at radius 2 is 1.92 bits per heavy atom. The molecule has 0 saturated carbocycles. The maximum atomic E-state index is 12.4. The van der Waals surface area contributed by atoms with E-state index in [1.807, 2.05) is 30.5 Å². The monoisotopic (exact) mass is 354 g/mol. The molecule has 1 N–H and O–H groups in total. The van der Waals surface area contributed by atoms with E-state index in [1.165, 1.54) is 23.0 Å². The smallest absolute Gasteiger partial charge is 0.269 e. The van der Waals surface area contributed by atoms with Gasteiger partial charge in [-0.2, -0.15) is 5.10 Å². The number of carbonyl (C=O) groups is 1. The number of nitrogens with zero attached hydrogens (tertiary/aromatic N) is 3. The molecule has 25 heavy (non-hydrogen) atoms. The lowest BCUT2D eigenvalue weighted by Gasteiger charge is -2.07. The minimum Gasteiger partial charge on any atom is -0.321 e. The first-order valence-electron chi connectivity index (χ1n) is 7.32. The van der Waals surface area contributed by atoms with Gasteiger partial charge in [0.2, 0.25) is 0 Å². The molecule has 8 heteroatoms. The minimum absolute atomic E-state index is 0.00236. The molecule has 1 aromatic heterocycles. The number of hydrogen-bond acceptors (Lipinski definition) is 5. The second-order valence-corrected chi connectivity index (χ2v) is 5.95. The van der Waals surface area contributed by atoms with Gasteiger partial charge in [-0.05, 0) is 30.5 Å². The van der Waals surface area contributed by atoms with Crippen LogP contribution in [0.4, 0.5) is 11.4 Å². The number of nitrogens with one attached hydrogen (secondary N) is 1. The van der Waals surface area contributed by atoms with Gasteiger partial charge in [-0.25, -0.2) is 4.68 Å². The van der Waals surface area contributed by atoms with Gasteiger partial charge in [0, 0.05) is 23.2 Å². The lowest BCUT2D eigenvalue weighted by atomic mass is 10.2. The van der Waals surface area contributed by atoms with E-state index in [9.17, 15) is 14.9 Å². The van der Waals surface area contributed by atoms with Crippen molar-refractivity contribution in [1.82, 2.24) is 9.78 Å². The first kappa shape index (κ1) is 16.7. The largest absolute Gasteiger partial charge is 0.321 e. The summed E-state index contributed by atoms with van der Waals surface area (Å²) < 4.78 is 1.50. The van der Waals surface area contributed by atoms with E-state index in [-0.39, 0.29) is 11.6 Å². The molecule has 2 aromatic carbocycles. The molecular weight excluding hydrogens is 340 g/mol. The lowest BCUT2D eigenvalue weighted by molar-refractivity contribution is -0.384. The molecule has 1 heterocycles. The van der Waals surface area contributed by atoms with Crippen LogP contribution in [0.2, 0.25) is 0 Å². The van der Waals surface area contributed by atoms with Gasteiger partial charge in [0.05, 0.1) is 28.1 Å². The van der Waals surface area contributed by atoms with Crippen LogP contribution >= 0.6 is 11.8 Å². The molecule has 3 rings (SSSR count). The average molecular weight is 354 g/mol. The average Bonchev–Trinajstić information content (AvgIpc) is 3.12. The topological polar surface area (TPSA) is 90.1 Å². The van der Waals surface area contributed by atoms with Crippen LogP contribution in [0.25, 0.3) is 5.69 Å². The number of para-hydroxylation sites is 1. The number of aromatic nitrogens is 2. The number of rotatable bonds is 5.